The van der Waals surface area contributed by atoms with Gasteiger partial charge in [0.1, 0.15) is 0 Å². The van der Waals surface area contributed by atoms with Crippen molar-refractivity contribution in [2.24, 2.45) is 0 Å². The van der Waals surface area contributed by atoms with E-state index in [0.29, 0.717) is 23.7 Å². The second-order valence-corrected chi connectivity index (χ2v) is 7.69. The fourth-order valence-corrected chi connectivity index (χ4v) is 3.49. The number of likely N-dealkylation sites (tertiary alicyclic amines) is 1. The fourth-order valence-electron chi connectivity index (χ4n) is 3.49. The highest BCUT2D eigenvalue weighted by Gasteiger charge is 2.18. The summed E-state index contributed by atoms with van der Waals surface area (Å²) in [7, 11) is 0. The van der Waals surface area contributed by atoms with E-state index in [9.17, 15) is 9.59 Å². The van der Waals surface area contributed by atoms with E-state index in [2.05, 4.69) is 12.2 Å². The summed E-state index contributed by atoms with van der Waals surface area (Å²) in [6, 6.07) is 5.25. The summed E-state index contributed by atoms with van der Waals surface area (Å²) >= 11 is 0. The second-order valence-electron chi connectivity index (χ2n) is 7.69. The minimum atomic E-state index is -0.120. The first-order valence-electron chi connectivity index (χ1n) is 11.0. The number of nitrogens with one attached hydrogen (secondary N) is 1. The van der Waals surface area contributed by atoms with Crippen LogP contribution in [0.5, 0.6) is 11.5 Å². The maximum absolute atomic E-state index is 12.6. The monoisotopic (exact) mass is 404 g/mol. The van der Waals surface area contributed by atoms with E-state index >= 15 is 0 Å². The van der Waals surface area contributed by atoms with Crippen molar-refractivity contribution in [1.29, 1.82) is 0 Å². The van der Waals surface area contributed by atoms with Gasteiger partial charge >= 0.3 is 0 Å². The number of rotatable bonds is 11. The zero-order valence-electron chi connectivity index (χ0n) is 18.2. The first-order valence-corrected chi connectivity index (χ1v) is 11.0. The van der Waals surface area contributed by atoms with E-state index in [1.807, 2.05) is 18.7 Å². The van der Waals surface area contributed by atoms with Gasteiger partial charge in [-0.2, -0.15) is 0 Å². The van der Waals surface area contributed by atoms with Crippen LogP contribution in [0.1, 0.15) is 76.1 Å². The molecule has 0 aliphatic carbocycles. The van der Waals surface area contributed by atoms with Gasteiger partial charge in [-0.05, 0) is 57.7 Å². The lowest BCUT2D eigenvalue weighted by Gasteiger charge is -2.26. The summed E-state index contributed by atoms with van der Waals surface area (Å²) in [6.07, 6.45) is 7.71. The van der Waals surface area contributed by atoms with Gasteiger partial charge in [0, 0.05) is 24.7 Å². The summed E-state index contributed by atoms with van der Waals surface area (Å²) in [6.45, 7) is 8.12. The third-order valence-corrected chi connectivity index (χ3v) is 5.18. The van der Waals surface area contributed by atoms with Gasteiger partial charge in [0.25, 0.3) is 11.8 Å². The molecule has 1 aromatic rings. The number of piperidine rings is 1. The van der Waals surface area contributed by atoms with E-state index in [4.69, 9.17) is 9.47 Å². The Morgan fingerprint density at radius 3 is 2.52 bits per heavy atom. The van der Waals surface area contributed by atoms with Crippen LogP contribution < -0.4 is 14.8 Å². The molecule has 6 heteroatoms. The Balaban J connectivity index is 1.96. The Morgan fingerprint density at radius 2 is 1.83 bits per heavy atom. The molecule has 1 unspecified atom stereocenters. The van der Waals surface area contributed by atoms with E-state index in [1.54, 1.807) is 18.2 Å². The van der Waals surface area contributed by atoms with Crippen LogP contribution in [0.15, 0.2) is 18.2 Å². The standard InChI is InChI=1S/C23H36N2O4/c1-4-6-8-11-18(3)24-23(27)19-12-13-20(21(16-19)28-5-2)29-17-22(26)25-14-9-7-10-15-25/h12-13,16,18H,4-11,14-15,17H2,1-3H3,(H,24,27). The number of hydrogen-bond donors (Lipinski definition) is 1. The predicted molar refractivity (Wildman–Crippen MR) is 115 cm³/mol. The lowest BCUT2D eigenvalue weighted by atomic mass is 10.1. The summed E-state index contributed by atoms with van der Waals surface area (Å²) in [4.78, 5) is 26.8. The lowest BCUT2D eigenvalue weighted by molar-refractivity contribution is -0.134. The number of unbranched alkanes of at least 4 members (excludes halogenated alkanes) is 2. The van der Waals surface area contributed by atoms with Crippen molar-refractivity contribution in [1.82, 2.24) is 10.2 Å². The molecule has 2 rings (SSSR count). The van der Waals surface area contributed by atoms with Crippen molar-refractivity contribution in [2.45, 2.75) is 71.8 Å². The third-order valence-electron chi connectivity index (χ3n) is 5.18. The van der Waals surface area contributed by atoms with E-state index < -0.39 is 0 Å². The Bertz CT molecular complexity index is 656. The van der Waals surface area contributed by atoms with Crippen LogP contribution in [-0.4, -0.2) is 49.1 Å². The summed E-state index contributed by atoms with van der Waals surface area (Å²) in [5, 5.41) is 3.04. The largest absolute Gasteiger partial charge is 0.490 e. The molecule has 1 saturated heterocycles. The molecule has 1 aliphatic rings. The average Bonchev–Trinajstić information content (AvgIpc) is 2.73. The molecule has 0 radical (unpaired) electrons. The van der Waals surface area contributed by atoms with Gasteiger partial charge < -0.3 is 19.7 Å². The maximum Gasteiger partial charge on any atom is 0.260 e. The smallest absolute Gasteiger partial charge is 0.260 e. The molecule has 1 N–H and O–H groups in total. The van der Waals surface area contributed by atoms with Gasteiger partial charge in [-0.25, -0.2) is 0 Å². The minimum absolute atomic E-state index is 0.00475. The van der Waals surface area contributed by atoms with Crippen LogP contribution in [-0.2, 0) is 4.79 Å². The second kappa shape index (κ2) is 12.3. The van der Waals surface area contributed by atoms with E-state index in [0.717, 1.165) is 38.8 Å². The van der Waals surface area contributed by atoms with Crippen LogP contribution in [0.3, 0.4) is 0 Å². The zero-order valence-corrected chi connectivity index (χ0v) is 18.2. The number of benzene rings is 1. The Morgan fingerprint density at radius 1 is 1.07 bits per heavy atom. The predicted octanol–water partition coefficient (Wildman–Crippen LogP) is 4.18. The van der Waals surface area contributed by atoms with Crippen LogP contribution in [0.4, 0.5) is 0 Å². The first-order chi connectivity index (χ1) is 14.0. The van der Waals surface area contributed by atoms with Crippen LogP contribution in [0, 0.1) is 0 Å². The van der Waals surface area contributed by atoms with Crippen LogP contribution >= 0.6 is 0 Å². The molecule has 1 atom stereocenters. The Hall–Kier alpha value is -2.24. The molecule has 6 nitrogen and oxygen atoms in total. The molecule has 162 valence electrons. The number of amides is 2. The van der Waals surface area contributed by atoms with Crippen molar-refractivity contribution in [2.75, 3.05) is 26.3 Å². The lowest BCUT2D eigenvalue weighted by Crippen LogP contribution is -2.38. The number of carbonyl (C=O) groups is 2. The highest BCUT2D eigenvalue weighted by Crippen LogP contribution is 2.29. The highest BCUT2D eigenvalue weighted by molar-refractivity contribution is 5.95. The average molecular weight is 405 g/mol. The zero-order chi connectivity index (χ0) is 21.1. The van der Waals surface area contributed by atoms with Crippen molar-refractivity contribution in [3.63, 3.8) is 0 Å². The van der Waals surface area contributed by atoms with Crippen molar-refractivity contribution >= 4 is 11.8 Å². The maximum atomic E-state index is 12.6. The molecule has 1 heterocycles. The van der Waals surface area contributed by atoms with Crippen molar-refractivity contribution in [3.8, 4) is 11.5 Å². The molecule has 1 aromatic carbocycles. The molecular formula is C23H36N2O4. The summed E-state index contributed by atoms with van der Waals surface area (Å²) in [5.41, 5.74) is 0.533. The van der Waals surface area contributed by atoms with Gasteiger partial charge in [-0.3, -0.25) is 9.59 Å². The molecule has 0 spiro atoms. The van der Waals surface area contributed by atoms with E-state index in [-0.39, 0.29) is 24.5 Å². The SMILES string of the molecule is CCCCCC(C)NC(=O)c1ccc(OCC(=O)N2CCCCC2)c(OCC)c1. The van der Waals surface area contributed by atoms with Gasteiger partial charge in [0.05, 0.1) is 6.61 Å². The van der Waals surface area contributed by atoms with Gasteiger partial charge in [-0.15, -0.1) is 0 Å². The molecule has 1 aliphatic heterocycles. The van der Waals surface area contributed by atoms with Gasteiger partial charge in [0.15, 0.2) is 18.1 Å². The fraction of sp³-hybridized carbons (Fsp3) is 0.652. The molecular weight excluding hydrogens is 368 g/mol. The van der Waals surface area contributed by atoms with Crippen LogP contribution in [0.25, 0.3) is 0 Å². The normalized spacial score (nSPS) is 14.9. The minimum Gasteiger partial charge on any atom is -0.490 e. The Labute approximate surface area is 174 Å². The quantitative estimate of drug-likeness (QED) is 0.562. The first kappa shape index (κ1) is 23.0. The number of carbonyl (C=O) groups excluding carboxylic acids is 2. The van der Waals surface area contributed by atoms with E-state index in [1.165, 1.54) is 19.3 Å². The number of hydrogen-bond acceptors (Lipinski definition) is 4. The molecule has 0 aromatic heterocycles. The summed E-state index contributed by atoms with van der Waals surface area (Å²) in [5.74, 6) is 0.857. The highest BCUT2D eigenvalue weighted by atomic mass is 16.5. The molecule has 0 bridgehead atoms. The number of ether oxygens (including phenoxy) is 2. The molecule has 0 saturated carbocycles. The summed E-state index contributed by atoms with van der Waals surface area (Å²) < 4.78 is 11.4. The number of nitrogens with zero attached hydrogens (tertiary/aromatic N) is 1. The third kappa shape index (κ3) is 7.59. The van der Waals surface area contributed by atoms with Gasteiger partial charge in [-0.1, -0.05) is 26.2 Å². The van der Waals surface area contributed by atoms with Crippen molar-refractivity contribution in [3.05, 3.63) is 23.8 Å². The van der Waals surface area contributed by atoms with Crippen molar-refractivity contribution < 1.29 is 19.1 Å². The Kier molecular flexibility index (Phi) is 9.81. The molecule has 1 fully saturated rings. The molecule has 2 amide bonds. The molecule has 29 heavy (non-hydrogen) atoms. The van der Waals surface area contributed by atoms with Gasteiger partial charge in [0.2, 0.25) is 0 Å². The van der Waals surface area contributed by atoms with Crippen LogP contribution in [0.2, 0.25) is 0 Å². The topological polar surface area (TPSA) is 67.9 Å².